The molecule has 0 spiro atoms. The SMILES string of the molecule is C=C/C(C)=C(N)\C(C)=C/C(C)C(/C=C(\C(=C)C)C(C)=O)=NC. The molecule has 0 bridgehead atoms. The van der Waals surface area contributed by atoms with Gasteiger partial charge in [-0.05, 0) is 50.5 Å². The maximum atomic E-state index is 11.7. The van der Waals surface area contributed by atoms with E-state index in [2.05, 4.69) is 18.2 Å². The minimum absolute atomic E-state index is 0.0107. The van der Waals surface area contributed by atoms with E-state index in [0.717, 1.165) is 22.4 Å². The first-order chi connectivity index (χ1) is 10.1. The van der Waals surface area contributed by atoms with Crippen molar-refractivity contribution in [1.29, 1.82) is 0 Å². The van der Waals surface area contributed by atoms with Gasteiger partial charge in [0.1, 0.15) is 0 Å². The van der Waals surface area contributed by atoms with E-state index in [0.29, 0.717) is 11.3 Å². The van der Waals surface area contributed by atoms with Gasteiger partial charge < -0.3 is 5.73 Å². The van der Waals surface area contributed by atoms with E-state index in [9.17, 15) is 4.79 Å². The molecular weight excluding hydrogens is 272 g/mol. The van der Waals surface area contributed by atoms with Crippen LogP contribution in [-0.4, -0.2) is 18.5 Å². The van der Waals surface area contributed by atoms with Gasteiger partial charge in [-0.25, -0.2) is 0 Å². The summed E-state index contributed by atoms with van der Waals surface area (Å²) >= 11 is 0. The average Bonchev–Trinajstić information content (AvgIpc) is 2.45. The molecule has 22 heavy (non-hydrogen) atoms. The number of hydrogen-bond acceptors (Lipinski definition) is 3. The van der Waals surface area contributed by atoms with Gasteiger partial charge in [0, 0.05) is 29.9 Å². The summed E-state index contributed by atoms with van der Waals surface area (Å²) in [6.07, 6.45) is 5.58. The second-order valence-electron chi connectivity index (χ2n) is 5.48. The summed E-state index contributed by atoms with van der Waals surface area (Å²) in [6, 6.07) is 0. The smallest absolute Gasteiger partial charge is 0.160 e. The third-order valence-electron chi connectivity index (χ3n) is 3.51. The van der Waals surface area contributed by atoms with Gasteiger partial charge in [0.05, 0.1) is 0 Å². The molecule has 3 nitrogen and oxygen atoms in total. The molecule has 120 valence electrons. The lowest BCUT2D eigenvalue weighted by molar-refractivity contribution is -0.113. The number of allylic oxidation sites excluding steroid dienone is 7. The van der Waals surface area contributed by atoms with Gasteiger partial charge in [0.25, 0.3) is 0 Å². The van der Waals surface area contributed by atoms with Crippen molar-refractivity contribution in [2.24, 2.45) is 16.6 Å². The van der Waals surface area contributed by atoms with Gasteiger partial charge in [0.15, 0.2) is 5.78 Å². The molecule has 0 amide bonds. The van der Waals surface area contributed by atoms with E-state index in [1.54, 1.807) is 19.2 Å². The van der Waals surface area contributed by atoms with E-state index >= 15 is 0 Å². The lowest BCUT2D eigenvalue weighted by Crippen LogP contribution is -2.11. The zero-order chi connectivity index (χ0) is 17.4. The van der Waals surface area contributed by atoms with Crippen LogP contribution in [0, 0.1) is 5.92 Å². The van der Waals surface area contributed by atoms with Crippen LogP contribution in [0.15, 0.2) is 64.4 Å². The number of hydrogen-bond donors (Lipinski definition) is 1. The largest absolute Gasteiger partial charge is 0.398 e. The molecule has 0 fully saturated rings. The van der Waals surface area contributed by atoms with E-state index < -0.39 is 0 Å². The number of rotatable bonds is 7. The van der Waals surface area contributed by atoms with Crippen molar-refractivity contribution >= 4 is 11.5 Å². The first-order valence-electron chi connectivity index (χ1n) is 7.28. The van der Waals surface area contributed by atoms with Gasteiger partial charge in [-0.1, -0.05) is 32.2 Å². The summed E-state index contributed by atoms with van der Waals surface area (Å²) in [5, 5.41) is 0. The van der Waals surface area contributed by atoms with Crippen LogP contribution in [0.25, 0.3) is 0 Å². The number of nitrogens with zero attached hydrogens (tertiary/aromatic N) is 1. The van der Waals surface area contributed by atoms with Crippen molar-refractivity contribution < 1.29 is 4.79 Å². The number of aliphatic imine (C=N–C) groups is 1. The van der Waals surface area contributed by atoms with Crippen molar-refractivity contribution in [3.8, 4) is 0 Å². The topological polar surface area (TPSA) is 55.5 Å². The van der Waals surface area contributed by atoms with E-state index in [-0.39, 0.29) is 11.7 Å². The molecule has 0 aromatic carbocycles. The second-order valence-corrected chi connectivity index (χ2v) is 5.48. The van der Waals surface area contributed by atoms with Gasteiger partial charge in [-0.15, -0.1) is 0 Å². The Kier molecular flexibility index (Phi) is 8.10. The molecule has 0 aliphatic heterocycles. The molecule has 0 heterocycles. The van der Waals surface area contributed by atoms with Gasteiger partial charge >= 0.3 is 0 Å². The quantitative estimate of drug-likeness (QED) is 0.436. The summed E-state index contributed by atoms with van der Waals surface area (Å²) in [4.78, 5) is 16.0. The lowest BCUT2D eigenvalue weighted by Gasteiger charge is -2.12. The summed E-state index contributed by atoms with van der Waals surface area (Å²) in [6.45, 7) is 16.8. The average molecular weight is 300 g/mol. The third-order valence-corrected chi connectivity index (χ3v) is 3.51. The van der Waals surface area contributed by atoms with Crippen molar-refractivity contribution in [3.05, 3.63) is 59.4 Å². The summed E-state index contributed by atoms with van der Waals surface area (Å²) in [5.74, 6) is 0.0262. The molecule has 0 aromatic heterocycles. The molecule has 0 saturated carbocycles. The number of Topliss-reactive ketones (excluding diaryl/α,β-unsaturated/α-hetero) is 1. The molecular formula is C19H28N2O. The Morgan fingerprint density at radius 2 is 1.77 bits per heavy atom. The van der Waals surface area contributed by atoms with Crippen LogP contribution in [0.3, 0.4) is 0 Å². The zero-order valence-corrected chi connectivity index (χ0v) is 14.7. The fraction of sp³-hybridized carbons (Fsp3) is 0.368. The standard InChI is InChI=1S/C19H28N2O/c1-9-13(4)19(20)15(6)10-14(5)18(21-8)11-17(12(2)3)16(7)22/h9-11,14H,1-2,20H2,3-8H3/b15-10-,17-11+,19-13+,21-18?. The highest BCUT2D eigenvalue weighted by atomic mass is 16.1. The van der Waals surface area contributed by atoms with E-state index in [1.807, 2.05) is 33.8 Å². The molecule has 0 aromatic rings. The number of ketones is 1. The number of carbonyl (C=O) groups excluding carboxylic acids is 1. The lowest BCUT2D eigenvalue weighted by atomic mass is 9.95. The minimum Gasteiger partial charge on any atom is -0.398 e. The van der Waals surface area contributed by atoms with E-state index in [4.69, 9.17) is 5.73 Å². The van der Waals surface area contributed by atoms with Crippen molar-refractivity contribution in [2.45, 2.75) is 34.6 Å². The highest BCUT2D eigenvalue weighted by Crippen LogP contribution is 2.16. The molecule has 0 aliphatic rings. The predicted molar refractivity (Wildman–Crippen MR) is 96.9 cm³/mol. The van der Waals surface area contributed by atoms with Crippen molar-refractivity contribution in [3.63, 3.8) is 0 Å². The van der Waals surface area contributed by atoms with Gasteiger partial charge in [-0.2, -0.15) is 0 Å². The van der Waals surface area contributed by atoms with E-state index in [1.165, 1.54) is 6.92 Å². The Bertz CT molecular complexity index is 571. The molecule has 0 radical (unpaired) electrons. The Balaban J connectivity index is 5.64. The van der Waals surface area contributed by atoms with Crippen LogP contribution in [0.2, 0.25) is 0 Å². The normalized spacial score (nSPS) is 16.0. The van der Waals surface area contributed by atoms with Crippen LogP contribution in [0.1, 0.15) is 34.6 Å². The summed E-state index contributed by atoms with van der Waals surface area (Å²) < 4.78 is 0. The molecule has 1 unspecified atom stereocenters. The van der Waals surface area contributed by atoms with Crippen LogP contribution in [-0.2, 0) is 4.79 Å². The second kappa shape index (κ2) is 8.98. The molecule has 3 heteroatoms. The molecule has 1 atom stereocenters. The third kappa shape index (κ3) is 5.68. The fourth-order valence-electron chi connectivity index (χ4n) is 2.04. The van der Waals surface area contributed by atoms with Crippen LogP contribution in [0.5, 0.6) is 0 Å². The zero-order valence-electron chi connectivity index (χ0n) is 14.7. The highest BCUT2D eigenvalue weighted by Gasteiger charge is 2.11. The maximum Gasteiger partial charge on any atom is 0.160 e. The van der Waals surface area contributed by atoms with Gasteiger partial charge in [0.2, 0.25) is 0 Å². The minimum atomic E-state index is -0.0107. The van der Waals surface area contributed by atoms with Crippen molar-refractivity contribution in [1.82, 2.24) is 0 Å². The van der Waals surface area contributed by atoms with Crippen LogP contribution < -0.4 is 5.73 Å². The maximum absolute atomic E-state index is 11.7. The van der Waals surface area contributed by atoms with Crippen LogP contribution in [0.4, 0.5) is 0 Å². The predicted octanol–water partition coefficient (Wildman–Crippen LogP) is 4.15. The Morgan fingerprint density at radius 3 is 2.14 bits per heavy atom. The molecule has 0 rings (SSSR count). The first-order valence-corrected chi connectivity index (χ1v) is 7.28. The number of carbonyl (C=O) groups is 1. The Labute approximate surface area is 134 Å². The summed E-state index contributed by atoms with van der Waals surface area (Å²) in [5.41, 5.74) is 10.9. The van der Waals surface area contributed by atoms with Gasteiger partial charge in [-0.3, -0.25) is 9.79 Å². The monoisotopic (exact) mass is 300 g/mol. The summed E-state index contributed by atoms with van der Waals surface area (Å²) in [7, 11) is 1.72. The number of nitrogens with two attached hydrogens (primary N) is 1. The Hall–Kier alpha value is -2.16. The fourth-order valence-corrected chi connectivity index (χ4v) is 2.04. The Morgan fingerprint density at radius 1 is 1.23 bits per heavy atom. The first kappa shape index (κ1) is 19.8. The highest BCUT2D eigenvalue weighted by molar-refractivity contribution is 6.07. The molecule has 0 aliphatic carbocycles. The van der Waals surface area contributed by atoms with Crippen molar-refractivity contribution in [2.75, 3.05) is 7.05 Å². The molecule has 0 saturated heterocycles. The van der Waals surface area contributed by atoms with Crippen LogP contribution >= 0.6 is 0 Å². The molecule has 2 N–H and O–H groups in total.